The number of fused-ring (bicyclic) bond motifs is 1. The van der Waals surface area contributed by atoms with Crippen LogP contribution >= 0.6 is 0 Å². The van der Waals surface area contributed by atoms with Crippen molar-refractivity contribution in [3.05, 3.63) is 35.5 Å². The first-order valence-corrected chi connectivity index (χ1v) is 5.88. The molecule has 96 valence electrons. The molecule has 1 aromatic rings. The molecule has 1 aromatic carbocycles. The van der Waals surface area contributed by atoms with Gasteiger partial charge >= 0.3 is 0 Å². The van der Waals surface area contributed by atoms with Gasteiger partial charge in [-0.2, -0.15) is 0 Å². The predicted octanol–water partition coefficient (Wildman–Crippen LogP) is 1.77. The smallest absolute Gasteiger partial charge is 0.161 e. The molecule has 0 fully saturated rings. The molecular formula is C14H17NO3. The average Bonchev–Trinajstić information content (AvgIpc) is 2.43. The van der Waals surface area contributed by atoms with E-state index >= 15 is 0 Å². The highest BCUT2D eigenvalue weighted by Gasteiger charge is 2.17. The molecule has 1 aliphatic rings. The molecule has 2 rings (SSSR count). The lowest BCUT2D eigenvalue weighted by molar-refractivity contribution is -0.104. The third-order valence-corrected chi connectivity index (χ3v) is 3.12. The summed E-state index contributed by atoms with van der Waals surface area (Å²) in [4.78, 5) is 12.4. The van der Waals surface area contributed by atoms with Crippen LogP contribution in [-0.4, -0.2) is 32.0 Å². The number of hydrogen-bond acceptors (Lipinski definition) is 4. The van der Waals surface area contributed by atoms with Crippen LogP contribution < -0.4 is 9.47 Å². The zero-order valence-electron chi connectivity index (χ0n) is 10.7. The van der Waals surface area contributed by atoms with Crippen molar-refractivity contribution >= 4 is 6.29 Å². The monoisotopic (exact) mass is 247 g/mol. The fourth-order valence-electron chi connectivity index (χ4n) is 2.19. The fourth-order valence-corrected chi connectivity index (χ4v) is 2.19. The molecule has 0 saturated carbocycles. The molecule has 1 heterocycles. The zero-order valence-corrected chi connectivity index (χ0v) is 10.7. The molecule has 4 nitrogen and oxygen atoms in total. The first-order valence-electron chi connectivity index (χ1n) is 5.88. The number of hydrogen-bond donors (Lipinski definition) is 0. The van der Waals surface area contributed by atoms with Gasteiger partial charge in [-0.3, -0.25) is 4.79 Å². The molecule has 1 aliphatic heterocycles. The summed E-state index contributed by atoms with van der Waals surface area (Å²) in [5.41, 5.74) is 2.50. The van der Waals surface area contributed by atoms with Gasteiger partial charge in [-0.15, -0.1) is 0 Å². The molecule has 0 aliphatic carbocycles. The Balaban J connectivity index is 2.26. The maximum Gasteiger partial charge on any atom is 0.161 e. The second-order valence-corrected chi connectivity index (χ2v) is 4.17. The summed E-state index contributed by atoms with van der Waals surface area (Å²) in [6.07, 6.45) is 5.08. The molecule has 0 radical (unpaired) electrons. The summed E-state index contributed by atoms with van der Waals surface area (Å²) in [6.45, 7) is 1.70. The van der Waals surface area contributed by atoms with E-state index in [9.17, 15) is 4.79 Å². The van der Waals surface area contributed by atoms with E-state index in [1.54, 1.807) is 14.2 Å². The first-order chi connectivity index (χ1) is 8.78. The summed E-state index contributed by atoms with van der Waals surface area (Å²) < 4.78 is 10.6. The van der Waals surface area contributed by atoms with E-state index in [1.807, 2.05) is 18.3 Å². The van der Waals surface area contributed by atoms with E-state index in [4.69, 9.17) is 9.47 Å². The topological polar surface area (TPSA) is 38.8 Å². The van der Waals surface area contributed by atoms with Gasteiger partial charge in [0.1, 0.15) is 6.29 Å². The van der Waals surface area contributed by atoms with Crippen molar-refractivity contribution in [3.8, 4) is 11.5 Å². The minimum absolute atomic E-state index is 0.748. The molecule has 0 bridgehead atoms. The van der Waals surface area contributed by atoms with Crippen molar-refractivity contribution < 1.29 is 14.3 Å². The van der Waals surface area contributed by atoms with E-state index in [0.29, 0.717) is 0 Å². The average molecular weight is 247 g/mol. The van der Waals surface area contributed by atoms with Crippen LogP contribution in [-0.2, 0) is 17.8 Å². The lowest BCUT2D eigenvalue weighted by Gasteiger charge is -2.28. The number of benzene rings is 1. The minimum atomic E-state index is 0.748. The van der Waals surface area contributed by atoms with Crippen molar-refractivity contribution in [3.63, 3.8) is 0 Å². The molecule has 0 spiro atoms. The van der Waals surface area contributed by atoms with Gasteiger partial charge in [-0.1, -0.05) is 0 Å². The number of aldehydes is 1. The second kappa shape index (κ2) is 5.58. The van der Waals surface area contributed by atoms with Gasteiger partial charge in [0.2, 0.25) is 0 Å². The number of allylic oxidation sites excluding steroid dienone is 1. The Bertz CT molecular complexity index is 468. The van der Waals surface area contributed by atoms with Crippen molar-refractivity contribution in [1.82, 2.24) is 4.90 Å². The largest absolute Gasteiger partial charge is 0.493 e. The van der Waals surface area contributed by atoms with Gasteiger partial charge in [0.15, 0.2) is 11.5 Å². The van der Waals surface area contributed by atoms with E-state index in [0.717, 1.165) is 37.3 Å². The molecular weight excluding hydrogens is 230 g/mol. The molecule has 0 unspecified atom stereocenters. The van der Waals surface area contributed by atoms with Gasteiger partial charge in [0.05, 0.1) is 14.2 Å². The van der Waals surface area contributed by atoms with Crippen LogP contribution in [0.2, 0.25) is 0 Å². The van der Waals surface area contributed by atoms with E-state index in [2.05, 4.69) is 4.90 Å². The van der Waals surface area contributed by atoms with Gasteiger partial charge in [-0.05, 0) is 35.8 Å². The third kappa shape index (κ3) is 2.47. The van der Waals surface area contributed by atoms with Gasteiger partial charge in [0, 0.05) is 19.3 Å². The molecule has 4 heteroatoms. The fraction of sp³-hybridized carbons (Fsp3) is 0.357. The van der Waals surface area contributed by atoms with Crippen LogP contribution in [0.1, 0.15) is 11.1 Å². The van der Waals surface area contributed by atoms with Crippen LogP contribution in [0.5, 0.6) is 11.5 Å². The highest BCUT2D eigenvalue weighted by Crippen LogP contribution is 2.33. The first kappa shape index (κ1) is 12.5. The molecule has 0 saturated heterocycles. The van der Waals surface area contributed by atoms with E-state index in [-0.39, 0.29) is 0 Å². The summed E-state index contributed by atoms with van der Waals surface area (Å²) in [7, 11) is 3.28. The summed E-state index contributed by atoms with van der Waals surface area (Å²) in [5, 5.41) is 0. The van der Waals surface area contributed by atoms with E-state index < -0.39 is 0 Å². The van der Waals surface area contributed by atoms with Gasteiger partial charge in [0.25, 0.3) is 0 Å². The zero-order chi connectivity index (χ0) is 13.0. The molecule has 0 aromatic heterocycles. The molecule has 0 atom stereocenters. The highest BCUT2D eigenvalue weighted by atomic mass is 16.5. The lowest BCUT2D eigenvalue weighted by atomic mass is 9.99. The Kier molecular flexibility index (Phi) is 3.87. The molecule has 18 heavy (non-hydrogen) atoms. The predicted molar refractivity (Wildman–Crippen MR) is 68.9 cm³/mol. The van der Waals surface area contributed by atoms with Crippen LogP contribution in [0.3, 0.4) is 0 Å². The third-order valence-electron chi connectivity index (χ3n) is 3.12. The minimum Gasteiger partial charge on any atom is -0.493 e. The summed E-state index contributed by atoms with van der Waals surface area (Å²) in [5.74, 6) is 1.52. The Morgan fingerprint density at radius 3 is 2.44 bits per heavy atom. The van der Waals surface area contributed by atoms with Gasteiger partial charge in [-0.25, -0.2) is 0 Å². The maximum atomic E-state index is 10.3. The number of carbonyl (C=O) groups is 1. The Hall–Kier alpha value is -1.97. The molecule has 0 amide bonds. The summed E-state index contributed by atoms with van der Waals surface area (Å²) >= 11 is 0. The number of nitrogens with zero attached hydrogens (tertiary/aromatic N) is 1. The lowest BCUT2D eigenvalue weighted by Crippen LogP contribution is -2.25. The Labute approximate surface area is 107 Å². The van der Waals surface area contributed by atoms with Crippen molar-refractivity contribution in [2.75, 3.05) is 20.8 Å². The summed E-state index contributed by atoms with van der Waals surface area (Å²) in [6, 6.07) is 4.05. The number of carbonyl (C=O) groups excluding carboxylic acids is 1. The second-order valence-electron chi connectivity index (χ2n) is 4.17. The number of ether oxygens (including phenoxy) is 2. The number of methoxy groups -OCH3 is 2. The van der Waals surface area contributed by atoms with E-state index in [1.165, 1.54) is 17.2 Å². The van der Waals surface area contributed by atoms with Crippen molar-refractivity contribution in [2.45, 2.75) is 13.0 Å². The van der Waals surface area contributed by atoms with Crippen molar-refractivity contribution in [2.24, 2.45) is 0 Å². The highest BCUT2D eigenvalue weighted by molar-refractivity contribution is 5.64. The molecule has 0 N–H and O–H groups in total. The van der Waals surface area contributed by atoms with Crippen LogP contribution in [0.4, 0.5) is 0 Å². The van der Waals surface area contributed by atoms with Crippen LogP contribution in [0.25, 0.3) is 0 Å². The van der Waals surface area contributed by atoms with Crippen molar-refractivity contribution in [1.29, 1.82) is 0 Å². The SMILES string of the molecule is COc1cc2c(cc1OC)CN(C=CC=O)CC2. The Morgan fingerprint density at radius 1 is 1.17 bits per heavy atom. The van der Waals surface area contributed by atoms with Crippen LogP contribution in [0, 0.1) is 0 Å². The normalized spacial score (nSPS) is 14.4. The maximum absolute atomic E-state index is 10.3. The number of rotatable bonds is 4. The Morgan fingerprint density at radius 2 is 1.83 bits per heavy atom. The van der Waals surface area contributed by atoms with Gasteiger partial charge < -0.3 is 14.4 Å². The standard InChI is InChI=1S/C14H17NO3/c1-17-13-8-11-4-6-15(5-3-7-16)10-12(11)9-14(13)18-2/h3,5,7-9H,4,6,10H2,1-2H3. The van der Waals surface area contributed by atoms with Crippen LogP contribution in [0.15, 0.2) is 24.4 Å². The quantitative estimate of drug-likeness (QED) is 0.600.